The predicted molar refractivity (Wildman–Crippen MR) is 114 cm³/mol. The van der Waals surface area contributed by atoms with Crippen LogP contribution in [0.15, 0.2) is 83.8 Å². The van der Waals surface area contributed by atoms with Crippen molar-refractivity contribution in [2.24, 2.45) is 0 Å². The van der Waals surface area contributed by atoms with Gasteiger partial charge >= 0.3 is 0 Å². The Balaban J connectivity index is 1.63. The number of aryl methyl sites for hydroxylation is 2. The lowest BCUT2D eigenvalue weighted by molar-refractivity contribution is -0.121. The second kappa shape index (κ2) is 9.43. The van der Waals surface area contributed by atoms with Crippen LogP contribution in [-0.2, 0) is 4.79 Å². The Morgan fingerprint density at radius 2 is 1.37 bits per heavy atom. The predicted octanol–water partition coefficient (Wildman–Crippen LogP) is 5.69. The van der Waals surface area contributed by atoms with Crippen molar-refractivity contribution in [3.8, 4) is 0 Å². The average molecular weight is 376 g/mol. The Morgan fingerprint density at radius 3 is 2.00 bits per heavy atom. The van der Waals surface area contributed by atoms with Gasteiger partial charge in [0.05, 0.1) is 6.04 Å². The summed E-state index contributed by atoms with van der Waals surface area (Å²) in [5, 5.41) is 3.21. The van der Waals surface area contributed by atoms with Gasteiger partial charge in [-0.1, -0.05) is 77.9 Å². The topological polar surface area (TPSA) is 29.1 Å². The molecule has 1 amide bonds. The monoisotopic (exact) mass is 375 g/mol. The van der Waals surface area contributed by atoms with Crippen molar-refractivity contribution < 1.29 is 4.79 Å². The third kappa shape index (κ3) is 5.73. The summed E-state index contributed by atoms with van der Waals surface area (Å²) < 4.78 is 0. The Morgan fingerprint density at radius 1 is 0.815 bits per heavy atom. The molecule has 3 heteroatoms. The number of hydrogen-bond donors (Lipinski definition) is 1. The van der Waals surface area contributed by atoms with E-state index in [-0.39, 0.29) is 11.9 Å². The van der Waals surface area contributed by atoms with E-state index in [9.17, 15) is 4.79 Å². The summed E-state index contributed by atoms with van der Waals surface area (Å²) in [6, 6.07) is 26.8. The zero-order chi connectivity index (χ0) is 19.1. The normalized spacial score (nSPS) is 11.8. The van der Waals surface area contributed by atoms with Crippen molar-refractivity contribution in [1.82, 2.24) is 5.32 Å². The number of carbonyl (C=O) groups is 1. The molecule has 0 spiro atoms. The minimum absolute atomic E-state index is 0.0732. The van der Waals surface area contributed by atoms with Gasteiger partial charge in [0.15, 0.2) is 0 Å². The molecule has 0 radical (unpaired) electrons. The summed E-state index contributed by atoms with van der Waals surface area (Å²) in [6.07, 6.45) is 0.494. The number of benzene rings is 3. The molecule has 0 aliphatic heterocycles. The van der Waals surface area contributed by atoms with Gasteiger partial charge in [-0.25, -0.2) is 0 Å². The molecule has 3 rings (SSSR count). The minimum Gasteiger partial charge on any atom is -0.345 e. The summed E-state index contributed by atoms with van der Waals surface area (Å²) in [6.45, 7) is 4.15. The molecule has 2 nitrogen and oxygen atoms in total. The first-order chi connectivity index (χ1) is 13.1. The van der Waals surface area contributed by atoms with Crippen LogP contribution < -0.4 is 5.32 Å². The smallest absolute Gasteiger partial charge is 0.221 e. The maximum atomic E-state index is 12.6. The highest BCUT2D eigenvalue weighted by atomic mass is 32.2. The van der Waals surface area contributed by atoms with E-state index in [0.29, 0.717) is 6.42 Å². The highest BCUT2D eigenvalue weighted by Crippen LogP contribution is 2.23. The first kappa shape index (κ1) is 19.2. The van der Waals surface area contributed by atoms with E-state index in [2.05, 4.69) is 79.8 Å². The van der Waals surface area contributed by atoms with Gasteiger partial charge in [-0.3, -0.25) is 4.79 Å². The van der Waals surface area contributed by atoms with Gasteiger partial charge < -0.3 is 5.32 Å². The molecule has 0 fully saturated rings. The van der Waals surface area contributed by atoms with E-state index >= 15 is 0 Å². The lowest BCUT2D eigenvalue weighted by Crippen LogP contribution is -2.29. The Bertz CT molecular complexity index is 857. The summed E-state index contributed by atoms with van der Waals surface area (Å²) in [5.41, 5.74) is 4.67. The van der Waals surface area contributed by atoms with Gasteiger partial charge in [0.1, 0.15) is 0 Å². The van der Waals surface area contributed by atoms with E-state index in [4.69, 9.17) is 0 Å². The fourth-order valence-electron chi connectivity index (χ4n) is 2.89. The number of thioether (sulfide) groups is 1. The summed E-state index contributed by atoms with van der Waals surface area (Å²) >= 11 is 1.72. The molecule has 0 aliphatic carbocycles. The van der Waals surface area contributed by atoms with E-state index < -0.39 is 0 Å². The molecule has 0 aromatic heterocycles. The van der Waals surface area contributed by atoms with Gasteiger partial charge in [-0.05, 0) is 37.1 Å². The van der Waals surface area contributed by atoms with E-state index in [0.717, 1.165) is 16.9 Å². The Labute approximate surface area is 166 Å². The number of amides is 1. The fraction of sp³-hybridized carbons (Fsp3) is 0.208. The van der Waals surface area contributed by atoms with Crippen LogP contribution >= 0.6 is 11.8 Å². The van der Waals surface area contributed by atoms with Gasteiger partial charge in [0.25, 0.3) is 0 Å². The zero-order valence-electron chi connectivity index (χ0n) is 15.8. The van der Waals surface area contributed by atoms with Gasteiger partial charge in [0, 0.05) is 17.1 Å². The molecule has 1 N–H and O–H groups in total. The number of nitrogens with one attached hydrogen (secondary N) is 1. The quantitative estimate of drug-likeness (QED) is 0.537. The maximum absolute atomic E-state index is 12.6. The molecule has 0 heterocycles. The average Bonchev–Trinajstić information content (AvgIpc) is 2.69. The van der Waals surface area contributed by atoms with Crippen molar-refractivity contribution in [2.75, 3.05) is 5.75 Å². The molecule has 3 aromatic rings. The molecule has 0 unspecified atom stereocenters. The minimum atomic E-state index is -0.122. The van der Waals surface area contributed by atoms with Crippen LogP contribution in [0.3, 0.4) is 0 Å². The Kier molecular flexibility index (Phi) is 6.72. The number of carbonyl (C=O) groups excluding carboxylic acids is 1. The zero-order valence-corrected chi connectivity index (χ0v) is 16.6. The van der Waals surface area contributed by atoms with E-state index in [1.165, 1.54) is 16.0 Å². The third-order valence-corrected chi connectivity index (χ3v) is 5.48. The van der Waals surface area contributed by atoms with Crippen LogP contribution in [-0.4, -0.2) is 11.7 Å². The van der Waals surface area contributed by atoms with Crippen LogP contribution in [0, 0.1) is 13.8 Å². The highest BCUT2D eigenvalue weighted by molar-refractivity contribution is 7.99. The van der Waals surface area contributed by atoms with Crippen LogP contribution in [0.5, 0.6) is 0 Å². The summed E-state index contributed by atoms with van der Waals surface area (Å²) in [5.74, 6) is 0.841. The van der Waals surface area contributed by atoms with Gasteiger partial charge in [-0.15, -0.1) is 11.8 Å². The molecule has 0 saturated carbocycles. The van der Waals surface area contributed by atoms with Crippen LogP contribution in [0.2, 0.25) is 0 Å². The second-order valence-electron chi connectivity index (χ2n) is 6.73. The van der Waals surface area contributed by atoms with E-state index in [1.807, 2.05) is 18.2 Å². The largest absolute Gasteiger partial charge is 0.345 e. The van der Waals surface area contributed by atoms with Gasteiger partial charge in [-0.2, -0.15) is 0 Å². The summed E-state index contributed by atoms with van der Waals surface area (Å²) in [7, 11) is 0. The first-order valence-electron chi connectivity index (χ1n) is 9.22. The lowest BCUT2D eigenvalue weighted by Gasteiger charge is -2.20. The SMILES string of the molecule is Cc1ccc(SCCC(=O)N[C@H](c2ccccc2)c2ccc(C)cc2)cc1. The number of hydrogen-bond acceptors (Lipinski definition) is 2. The van der Waals surface area contributed by atoms with Crippen molar-refractivity contribution in [2.45, 2.75) is 31.2 Å². The molecule has 3 aromatic carbocycles. The standard InChI is InChI=1S/C24H25NOS/c1-18-8-12-21(13-9-18)24(20-6-4-3-5-7-20)25-23(26)16-17-27-22-14-10-19(2)11-15-22/h3-15,24H,16-17H2,1-2H3,(H,25,26)/t24-/m1/s1. The molecule has 27 heavy (non-hydrogen) atoms. The third-order valence-electron chi connectivity index (χ3n) is 4.47. The second-order valence-corrected chi connectivity index (χ2v) is 7.90. The molecule has 0 bridgehead atoms. The molecule has 138 valence electrons. The van der Waals surface area contributed by atoms with Crippen LogP contribution in [0.4, 0.5) is 0 Å². The van der Waals surface area contributed by atoms with Crippen molar-refractivity contribution in [3.63, 3.8) is 0 Å². The van der Waals surface area contributed by atoms with E-state index in [1.54, 1.807) is 11.8 Å². The van der Waals surface area contributed by atoms with Crippen LogP contribution in [0.25, 0.3) is 0 Å². The maximum Gasteiger partial charge on any atom is 0.221 e. The lowest BCUT2D eigenvalue weighted by atomic mass is 9.97. The number of rotatable bonds is 7. The fourth-order valence-corrected chi connectivity index (χ4v) is 3.74. The molecular weight excluding hydrogens is 350 g/mol. The Hall–Kier alpha value is -2.52. The highest BCUT2D eigenvalue weighted by Gasteiger charge is 2.16. The van der Waals surface area contributed by atoms with Crippen molar-refractivity contribution in [1.29, 1.82) is 0 Å². The first-order valence-corrected chi connectivity index (χ1v) is 10.2. The molecule has 0 saturated heterocycles. The molecule has 1 atom stereocenters. The van der Waals surface area contributed by atoms with Crippen LogP contribution in [0.1, 0.15) is 34.7 Å². The van der Waals surface area contributed by atoms with Crippen molar-refractivity contribution in [3.05, 3.63) is 101 Å². The van der Waals surface area contributed by atoms with Crippen molar-refractivity contribution >= 4 is 17.7 Å². The molecule has 0 aliphatic rings. The summed E-state index contributed by atoms with van der Waals surface area (Å²) in [4.78, 5) is 13.8. The molecular formula is C24H25NOS. The van der Waals surface area contributed by atoms with Gasteiger partial charge in [0.2, 0.25) is 5.91 Å².